The summed E-state index contributed by atoms with van der Waals surface area (Å²) in [5, 5.41) is 10.1. The summed E-state index contributed by atoms with van der Waals surface area (Å²) in [5.74, 6) is 0.836. The zero-order chi connectivity index (χ0) is 13.7. The highest BCUT2D eigenvalue weighted by atomic mass is 16.5. The van der Waals surface area contributed by atoms with Gasteiger partial charge in [-0.15, -0.1) is 0 Å². The Labute approximate surface area is 115 Å². The van der Waals surface area contributed by atoms with Gasteiger partial charge in [-0.2, -0.15) is 0 Å². The van der Waals surface area contributed by atoms with Gasteiger partial charge in [0.25, 0.3) is 0 Å². The van der Waals surface area contributed by atoms with Crippen LogP contribution < -0.4 is 10.5 Å². The summed E-state index contributed by atoms with van der Waals surface area (Å²) in [7, 11) is 0. The van der Waals surface area contributed by atoms with Gasteiger partial charge >= 0.3 is 0 Å². The van der Waals surface area contributed by atoms with Crippen LogP contribution in [0.2, 0.25) is 0 Å². The molecule has 1 aromatic rings. The molecule has 3 atom stereocenters. The monoisotopic (exact) mass is 263 g/mol. The number of rotatable bonds is 4. The minimum absolute atomic E-state index is 0.000814. The van der Waals surface area contributed by atoms with Gasteiger partial charge in [-0.25, -0.2) is 0 Å². The Balaban J connectivity index is 2.13. The Morgan fingerprint density at radius 2 is 2.00 bits per heavy atom. The summed E-state index contributed by atoms with van der Waals surface area (Å²) in [6.45, 7) is 2.07. The van der Waals surface area contributed by atoms with Crippen molar-refractivity contribution in [1.29, 1.82) is 0 Å². The Morgan fingerprint density at radius 1 is 1.26 bits per heavy atom. The molecule has 19 heavy (non-hydrogen) atoms. The zero-order valence-corrected chi connectivity index (χ0v) is 11.7. The highest BCUT2D eigenvalue weighted by Crippen LogP contribution is 2.29. The van der Waals surface area contributed by atoms with Gasteiger partial charge < -0.3 is 15.6 Å². The molecule has 3 N–H and O–H groups in total. The summed E-state index contributed by atoms with van der Waals surface area (Å²) in [6, 6.07) is 7.93. The second kappa shape index (κ2) is 6.92. The number of benzene rings is 1. The lowest BCUT2D eigenvalue weighted by Gasteiger charge is -2.24. The smallest absolute Gasteiger partial charge is 0.124 e. The molecule has 0 amide bonds. The molecule has 1 aromatic carbocycles. The van der Waals surface area contributed by atoms with Gasteiger partial charge in [-0.3, -0.25) is 0 Å². The third-order valence-corrected chi connectivity index (χ3v) is 3.95. The van der Waals surface area contributed by atoms with Crippen LogP contribution in [0.25, 0.3) is 0 Å². The third-order valence-electron chi connectivity index (χ3n) is 3.95. The SMILES string of the molecule is CC[C@H](N)c1ccccc1OC1CCCCCC1O. The van der Waals surface area contributed by atoms with Crippen molar-refractivity contribution in [3.63, 3.8) is 0 Å². The fraction of sp³-hybridized carbons (Fsp3) is 0.625. The summed E-state index contributed by atoms with van der Waals surface area (Å²) < 4.78 is 6.07. The number of aliphatic hydroxyl groups excluding tert-OH is 1. The van der Waals surface area contributed by atoms with E-state index < -0.39 is 0 Å². The van der Waals surface area contributed by atoms with E-state index in [2.05, 4.69) is 6.92 Å². The lowest BCUT2D eigenvalue weighted by molar-refractivity contribution is 0.0312. The molecule has 106 valence electrons. The molecule has 1 aliphatic carbocycles. The van der Waals surface area contributed by atoms with Gasteiger partial charge in [-0.05, 0) is 31.7 Å². The maximum atomic E-state index is 10.1. The van der Waals surface area contributed by atoms with Crippen LogP contribution in [0.4, 0.5) is 0 Å². The first kappa shape index (κ1) is 14.4. The first-order valence-corrected chi connectivity index (χ1v) is 7.41. The maximum absolute atomic E-state index is 10.1. The van der Waals surface area contributed by atoms with Crippen LogP contribution >= 0.6 is 0 Å². The van der Waals surface area contributed by atoms with Gasteiger partial charge in [0.1, 0.15) is 11.9 Å². The number of para-hydroxylation sites is 1. The van der Waals surface area contributed by atoms with E-state index in [0.717, 1.165) is 43.4 Å². The van der Waals surface area contributed by atoms with Crippen molar-refractivity contribution in [2.75, 3.05) is 0 Å². The van der Waals surface area contributed by atoms with Crippen LogP contribution in [-0.4, -0.2) is 17.3 Å². The molecule has 0 aromatic heterocycles. The van der Waals surface area contributed by atoms with E-state index >= 15 is 0 Å². The lowest BCUT2D eigenvalue weighted by Crippen LogP contribution is -2.31. The predicted molar refractivity (Wildman–Crippen MR) is 77.2 cm³/mol. The van der Waals surface area contributed by atoms with Crippen LogP contribution in [0, 0.1) is 0 Å². The van der Waals surface area contributed by atoms with E-state index in [4.69, 9.17) is 10.5 Å². The molecule has 1 saturated carbocycles. The van der Waals surface area contributed by atoms with Crippen molar-refractivity contribution >= 4 is 0 Å². The summed E-state index contributed by atoms with van der Waals surface area (Å²) >= 11 is 0. The molecular weight excluding hydrogens is 238 g/mol. The van der Waals surface area contributed by atoms with Crippen LogP contribution in [0.5, 0.6) is 5.75 Å². The molecule has 0 bridgehead atoms. The van der Waals surface area contributed by atoms with Gasteiger partial charge in [0.05, 0.1) is 6.10 Å². The van der Waals surface area contributed by atoms with E-state index in [1.54, 1.807) is 0 Å². The standard InChI is InChI=1S/C16H25NO2/c1-2-13(17)12-8-6-7-10-15(12)19-16-11-5-3-4-9-14(16)18/h6-8,10,13-14,16,18H,2-5,9,11,17H2,1H3/t13-,14?,16?/m0/s1. The van der Waals surface area contributed by atoms with E-state index in [9.17, 15) is 5.11 Å². The van der Waals surface area contributed by atoms with E-state index in [0.29, 0.717) is 0 Å². The molecule has 0 aliphatic heterocycles. The van der Waals surface area contributed by atoms with E-state index in [1.807, 2.05) is 24.3 Å². The quantitative estimate of drug-likeness (QED) is 0.820. The second-order valence-electron chi connectivity index (χ2n) is 5.41. The number of hydrogen-bond donors (Lipinski definition) is 2. The predicted octanol–water partition coefficient (Wildman–Crippen LogP) is 3.17. The van der Waals surface area contributed by atoms with E-state index in [1.165, 1.54) is 6.42 Å². The molecule has 2 unspecified atom stereocenters. The molecule has 0 spiro atoms. The van der Waals surface area contributed by atoms with Crippen molar-refractivity contribution < 1.29 is 9.84 Å². The van der Waals surface area contributed by atoms with Crippen molar-refractivity contribution in [3.05, 3.63) is 29.8 Å². The molecule has 2 rings (SSSR count). The van der Waals surface area contributed by atoms with Gasteiger partial charge in [-0.1, -0.05) is 38.0 Å². The molecule has 3 heteroatoms. The largest absolute Gasteiger partial charge is 0.487 e. The molecule has 0 saturated heterocycles. The van der Waals surface area contributed by atoms with Gasteiger partial charge in [0.2, 0.25) is 0 Å². The normalized spacial score (nSPS) is 25.6. The molecule has 1 aliphatic rings. The number of ether oxygens (including phenoxy) is 1. The highest BCUT2D eigenvalue weighted by molar-refractivity contribution is 5.36. The number of nitrogens with two attached hydrogens (primary N) is 1. The van der Waals surface area contributed by atoms with E-state index in [-0.39, 0.29) is 18.2 Å². The molecule has 0 heterocycles. The number of hydrogen-bond acceptors (Lipinski definition) is 3. The van der Waals surface area contributed by atoms with Gasteiger partial charge in [0, 0.05) is 11.6 Å². The minimum atomic E-state index is -0.353. The molecular formula is C16H25NO2. The second-order valence-corrected chi connectivity index (χ2v) is 5.41. The van der Waals surface area contributed by atoms with Crippen LogP contribution in [0.3, 0.4) is 0 Å². The fourth-order valence-corrected chi connectivity index (χ4v) is 2.67. The summed E-state index contributed by atoms with van der Waals surface area (Å²) in [4.78, 5) is 0. The molecule has 1 fully saturated rings. The summed E-state index contributed by atoms with van der Waals surface area (Å²) in [5.41, 5.74) is 7.17. The highest BCUT2D eigenvalue weighted by Gasteiger charge is 2.24. The minimum Gasteiger partial charge on any atom is -0.487 e. The first-order valence-electron chi connectivity index (χ1n) is 7.41. The van der Waals surface area contributed by atoms with Crippen LogP contribution in [0.15, 0.2) is 24.3 Å². The lowest BCUT2D eigenvalue weighted by atomic mass is 10.0. The van der Waals surface area contributed by atoms with Crippen molar-refractivity contribution in [1.82, 2.24) is 0 Å². The Kier molecular flexibility index (Phi) is 5.23. The average molecular weight is 263 g/mol. The Morgan fingerprint density at radius 3 is 2.79 bits per heavy atom. The first-order chi connectivity index (χ1) is 9.22. The van der Waals surface area contributed by atoms with Crippen LogP contribution in [0.1, 0.15) is 57.1 Å². The summed E-state index contributed by atoms with van der Waals surface area (Å²) in [6.07, 6.45) is 5.62. The van der Waals surface area contributed by atoms with Gasteiger partial charge in [0.15, 0.2) is 0 Å². The molecule has 3 nitrogen and oxygen atoms in total. The maximum Gasteiger partial charge on any atom is 0.124 e. The number of aliphatic hydroxyl groups is 1. The Hall–Kier alpha value is -1.06. The Bertz CT molecular complexity index is 394. The third kappa shape index (κ3) is 3.71. The topological polar surface area (TPSA) is 55.5 Å². The van der Waals surface area contributed by atoms with Crippen molar-refractivity contribution in [2.45, 2.75) is 63.7 Å². The molecule has 0 radical (unpaired) electrons. The van der Waals surface area contributed by atoms with Crippen molar-refractivity contribution in [2.24, 2.45) is 5.73 Å². The van der Waals surface area contributed by atoms with Crippen molar-refractivity contribution in [3.8, 4) is 5.75 Å². The average Bonchev–Trinajstić information content (AvgIpc) is 2.64. The zero-order valence-electron chi connectivity index (χ0n) is 11.7. The van der Waals surface area contributed by atoms with Crippen LogP contribution in [-0.2, 0) is 0 Å². The fourth-order valence-electron chi connectivity index (χ4n) is 2.67.